The van der Waals surface area contributed by atoms with Crippen LogP contribution in [-0.4, -0.2) is 23.9 Å². The van der Waals surface area contributed by atoms with Crippen molar-refractivity contribution >= 4 is 0 Å². The van der Waals surface area contributed by atoms with Gasteiger partial charge in [-0.3, -0.25) is 0 Å². The molecule has 0 radical (unpaired) electrons. The van der Waals surface area contributed by atoms with Gasteiger partial charge in [-0.2, -0.15) is 0 Å². The van der Waals surface area contributed by atoms with Gasteiger partial charge >= 0.3 is 0 Å². The van der Waals surface area contributed by atoms with E-state index < -0.39 is 0 Å². The van der Waals surface area contributed by atoms with Crippen LogP contribution in [0.5, 0.6) is 0 Å². The Hall–Kier alpha value is -0.340. The molecule has 0 aliphatic carbocycles. The molecule has 0 spiro atoms. The summed E-state index contributed by atoms with van der Waals surface area (Å²) in [6, 6.07) is 0. The molecule has 0 unspecified atom stereocenters. The van der Waals surface area contributed by atoms with Gasteiger partial charge in [-0.1, -0.05) is 19.9 Å². The number of ether oxygens (including phenoxy) is 1. The van der Waals surface area contributed by atoms with Crippen molar-refractivity contribution in [3.05, 3.63) is 12.7 Å². The highest BCUT2D eigenvalue weighted by atomic mass is 16.6. The molecule has 2 heteroatoms. The summed E-state index contributed by atoms with van der Waals surface area (Å²) in [6.45, 7) is 8.44. The molecule has 1 saturated heterocycles. The average molecular weight is 158 g/mol. The predicted molar refractivity (Wildman–Crippen MR) is 46.5 cm³/mol. The molecule has 0 bridgehead atoms. The molecule has 0 aromatic heterocycles. The molecule has 11 heavy (non-hydrogen) atoms. The van der Waals surface area contributed by atoms with Crippen LogP contribution in [0.3, 0.4) is 0 Å². The molecule has 1 rings (SSSR count). The number of hydrogen-bond donors (Lipinski definition) is 1. The van der Waals surface area contributed by atoms with Crippen LogP contribution in [0, 0.1) is 0 Å². The Balaban J connectivity index is 0.000000183. The molecule has 0 aromatic carbocycles. The third-order valence-corrected chi connectivity index (χ3v) is 1.55. The zero-order chi connectivity index (χ0) is 8.69. The molecule has 1 aliphatic rings. The highest BCUT2D eigenvalue weighted by molar-refractivity contribution is 4.75. The lowest BCUT2D eigenvalue weighted by atomic mass is 10.3. The maximum atomic E-state index is 8.55. The fourth-order valence-corrected chi connectivity index (χ4v) is 0.470. The first kappa shape index (κ1) is 10.7. The Bertz CT molecular complexity index is 97.7. The minimum absolute atomic E-state index is 0.301. The quantitative estimate of drug-likeness (QED) is 0.501. The number of rotatable bonds is 3. The molecule has 0 amide bonds. The summed E-state index contributed by atoms with van der Waals surface area (Å²) >= 11 is 0. The van der Waals surface area contributed by atoms with E-state index in [1.807, 2.05) is 6.92 Å². The van der Waals surface area contributed by atoms with Gasteiger partial charge in [0.2, 0.25) is 0 Å². The first-order valence-electron chi connectivity index (χ1n) is 4.16. The summed E-state index contributed by atoms with van der Waals surface area (Å²) in [6.07, 6.45) is 3.82. The fourth-order valence-electron chi connectivity index (χ4n) is 0.470. The lowest BCUT2D eigenvalue weighted by molar-refractivity contribution is 0.219. The first-order valence-corrected chi connectivity index (χ1v) is 4.16. The van der Waals surface area contributed by atoms with Crippen molar-refractivity contribution in [3.63, 3.8) is 0 Å². The maximum Gasteiger partial charge on any atom is 0.0807 e. The zero-order valence-corrected chi connectivity index (χ0v) is 7.42. The van der Waals surface area contributed by atoms with Crippen molar-refractivity contribution in [2.75, 3.05) is 6.61 Å². The molecule has 0 saturated carbocycles. The number of aliphatic hydroxyl groups excluding tert-OH is 1. The van der Waals surface area contributed by atoms with Gasteiger partial charge in [0.15, 0.2) is 0 Å². The van der Waals surface area contributed by atoms with Gasteiger partial charge in [0, 0.05) is 0 Å². The van der Waals surface area contributed by atoms with Crippen LogP contribution < -0.4 is 0 Å². The van der Waals surface area contributed by atoms with E-state index in [0.29, 0.717) is 6.10 Å². The second-order valence-electron chi connectivity index (χ2n) is 2.57. The summed E-state index contributed by atoms with van der Waals surface area (Å²) < 4.78 is 4.86. The molecule has 1 fully saturated rings. The third kappa shape index (κ3) is 7.56. The maximum absolute atomic E-state index is 8.55. The van der Waals surface area contributed by atoms with Gasteiger partial charge < -0.3 is 9.84 Å². The summed E-state index contributed by atoms with van der Waals surface area (Å²) in [4.78, 5) is 0. The second-order valence-corrected chi connectivity index (χ2v) is 2.57. The molecule has 2 atom stereocenters. The monoisotopic (exact) mass is 158 g/mol. The SMILES string of the molecule is C=C[C@H](O)CC.CC[C@@H]1CO1. The Morgan fingerprint density at radius 3 is 2.27 bits per heavy atom. The van der Waals surface area contributed by atoms with E-state index >= 15 is 0 Å². The Morgan fingerprint density at radius 2 is 2.27 bits per heavy atom. The van der Waals surface area contributed by atoms with E-state index in [1.165, 1.54) is 12.5 Å². The second kappa shape index (κ2) is 6.38. The van der Waals surface area contributed by atoms with Crippen LogP contribution >= 0.6 is 0 Å². The number of epoxide rings is 1. The Morgan fingerprint density at radius 1 is 1.73 bits per heavy atom. The van der Waals surface area contributed by atoms with Gasteiger partial charge in [0.05, 0.1) is 18.8 Å². The number of hydrogen-bond acceptors (Lipinski definition) is 2. The van der Waals surface area contributed by atoms with Crippen LogP contribution in [-0.2, 0) is 4.74 Å². The molecule has 1 aliphatic heterocycles. The summed E-state index contributed by atoms with van der Waals surface area (Å²) in [7, 11) is 0. The average Bonchev–Trinajstić information content (AvgIpc) is 2.86. The van der Waals surface area contributed by atoms with E-state index in [9.17, 15) is 0 Å². The standard InChI is InChI=1S/C5H10O.C4H8O/c1-3-5(6)4-2;1-2-4-3-5-4/h3,5-6H,1,4H2,2H3;4H,2-3H2,1H3/t5-;4-/m01/s1. The fraction of sp³-hybridized carbons (Fsp3) is 0.778. The molecular formula is C9H18O2. The van der Waals surface area contributed by atoms with Gasteiger partial charge in [-0.15, -0.1) is 6.58 Å². The van der Waals surface area contributed by atoms with E-state index in [1.54, 1.807) is 0 Å². The Kier molecular flexibility index (Phi) is 6.18. The van der Waals surface area contributed by atoms with Crippen LogP contribution in [0.4, 0.5) is 0 Å². The molecule has 1 N–H and O–H groups in total. The summed E-state index contributed by atoms with van der Waals surface area (Å²) in [5.41, 5.74) is 0. The van der Waals surface area contributed by atoms with Crippen molar-refractivity contribution in [1.29, 1.82) is 0 Å². The lowest BCUT2D eigenvalue weighted by Crippen LogP contribution is -1.95. The van der Waals surface area contributed by atoms with Crippen molar-refractivity contribution in [1.82, 2.24) is 0 Å². The van der Waals surface area contributed by atoms with Crippen LogP contribution in [0.25, 0.3) is 0 Å². The summed E-state index contributed by atoms with van der Waals surface area (Å²) in [5, 5.41) is 8.55. The molecule has 0 aromatic rings. The smallest absolute Gasteiger partial charge is 0.0807 e. The summed E-state index contributed by atoms with van der Waals surface area (Å²) in [5.74, 6) is 0. The van der Waals surface area contributed by atoms with Crippen molar-refractivity contribution in [2.45, 2.75) is 38.9 Å². The minimum atomic E-state index is -0.301. The van der Waals surface area contributed by atoms with Gasteiger partial charge in [-0.05, 0) is 12.8 Å². The van der Waals surface area contributed by atoms with E-state index in [4.69, 9.17) is 9.84 Å². The van der Waals surface area contributed by atoms with Crippen molar-refractivity contribution in [3.8, 4) is 0 Å². The largest absolute Gasteiger partial charge is 0.389 e. The minimum Gasteiger partial charge on any atom is -0.389 e. The lowest BCUT2D eigenvalue weighted by Gasteiger charge is -1.93. The Labute approximate surface area is 68.9 Å². The first-order chi connectivity index (χ1) is 5.24. The van der Waals surface area contributed by atoms with Gasteiger partial charge in [-0.25, -0.2) is 0 Å². The molecule has 66 valence electrons. The highest BCUT2D eigenvalue weighted by Crippen LogP contribution is 2.10. The van der Waals surface area contributed by atoms with Crippen LogP contribution in [0.15, 0.2) is 12.7 Å². The van der Waals surface area contributed by atoms with E-state index in [-0.39, 0.29) is 6.10 Å². The number of aliphatic hydroxyl groups is 1. The van der Waals surface area contributed by atoms with Crippen molar-refractivity contribution in [2.24, 2.45) is 0 Å². The third-order valence-electron chi connectivity index (χ3n) is 1.55. The van der Waals surface area contributed by atoms with Crippen LogP contribution in [0.2, 0.25) is 0 Å². The highest BCUT2D eigenvalue weighted by Gasteiger charge is 2.18. The van der Waals surface area contributed by atoms with Gasteiger partial charge in [0.1, 0.15) is 0 Å². The molecular weight excluding hydrogens is 140 g/mol. The zero-order valence-electron chi connectivity index (χ0n) is 7.42. The van der Waals surface area contributed by atoms with Gasteiger partial charge in [0.25, 0.3) is 0 Å². The van der Waals surface area contributed by atoms with Crippen LogP contribution in [0.1, 0.15) is 26.7 Å². The normalized spacial score (nSPS) is 23.0. The molecule has 2 nitrogen and oxygen atoms in total. The topological polar surface area (TPSA) is 32.8 Å². The van der Waals surface area contributed by atoms with E-state index in [0.717, 1.165) is 13.0 Å². The van der Waals surface area contributed by atoms with Crippen molar-refractivity contribution < 1.29 is 9.84 Å². The van der Waals surface area contributed by atoms with E-state index in [2.05, 4.69) is 13.5 Å². The predicted octanol–water partition coefficient (Wildman–Crippen LogP) is 1.74. The molecule has 1 heterocycles.